The van der Waals surface area contributed by atoms with Gasteiger partial charge in [0.1, 0.15) is 0 Å². The fourth-order valence-electron chi connectivity index (χ4n) is 1.70. The predicted octanol–water partition coefficient (Wildman–Crippen LogP) is 3.31. The van der Waals surface area contributed by atoms with Crippen LogP contribution in [0.5, 0.6) is 0 Å². The zero-order valence-electron chi connectivity index (χ0n) is 10.7. The number of thioether (sulfide) groups is 1. The van der Waals surface area contributed by atoms with E-state index in [0.29, 0.717) is 5.75 Å². The average molecular weight is 272 g/mol. The normalized spacial score (nSPS) is 10.2. The second kappa shape index (κ2) is 6.29. The Morgan fingerprint density at radius 1 is 1.21 bits per heavy atom. The highest BCUT2D eigenvalue weighted by molar-refractivity contribution is 8.00. The molecule has 0 aliphatic heterocycles. The molecule has 98 valence electrons. The first-order valence-electron chi connectivity index (χ1n) is 5.99. The van der Waals surface area contributed by atoms with Gasteiger partial charge in [-0.25, -0.2) is 0 Å². The van der Waals surface area contributed by atoms with Crippen molar-refractivity contribution < 1.29 is 4.79 Å². The minimum atomic E-state index is -0.00701. The summed E-state index contributed by atoms with van der Waals surface area (Å²) in [5.41, 5.74) is 8.36. The number of carbonyl (C=O) groups is 1. The average Bonchev–Trinajstić information content (AvgIpc) is 2.39. The largest absolute Gasteiger partial charge is 0.399 e. The number of nitrogens with one attached hydrogen (secondary N) is 1. The summed E-state index contributed by atoms with van der Waals surface area (Å²) in [5, 5.41) is 2.86. The van der Waals surface area contributed by atoms with Crippen molar-refractivity contribution in [1.29, 1.82) is 0 Å². The molecular weight excluding hydrogens is 256 g/mol. The van der Waals surface area contributed by atoms with E-state index in [-0.39, 0.29) is 5.91 Å². The smallest absolute Gasteiger partial charge is 0.234 e. The molecule has 0 aliphatic carbocycles. The quantitative estimate of drug-likeness (QED) is 0.663. The van der Waals surface area contributed by atoms with E-state index in [1.807, 2.05) is 55.5 Å². The summed E-state index contributed by atoms with van der Waals surface area (Å²) in [4.78, 5) is 12.9. The maximum Gasteiger partial charge on any atom is 0.234 e. The number of hydrogen-bond acceptors (Lipinski definition) is 3. The third-order valence-electron chi connectivity index (χ3n) is 2.62. The summed E-state index contributed by atoms with van der Waals surface area (Å²) in [6.07, 6.45) is 0. The van der Waals surface area contributed by atoms with Crippen LogP contribution in [0.15, 0.2) is 53.4 Å². The summed E-state index contributed by atoms with van der Waals surface area (Å²) >= 11 is 1.52. The standard InChI is InChI=1S/C15H16N2OS/c1-11-9-12(16)7-8-14(11)19-10-15(18)17-13-5-3-2-4-6-13/h2-9H,10,16H2,1H3,(H,17,18). The first-order valence-corrected chi connectivity index (χ1v) is 6.97. The Hall–Kier alpha value is -1.94. The zero-order chi connectivity index (χ0) is 13.7. The van der Waals surface area contributed by atoms with Gasteiger partial charge in [-0.1, -0.05) is 18.2 Å². The number of aryl methyl sites for hydroxylation is 1. The van der Waals surface area contributed by atoms with E-state index in [2.05, 4.69) is 5.32 Å². The van der Waals surface area contributed by atoms with Crippen LogP contribution in [-0.4, -0.2) is 11.7 Å². The molecule has 2 aromatic rings. The van der Waals surface area contributed by atoms with E-state index in [1.165, 1.54) is 11.8 Å². The molecule has 4 heteroatoms. The maximum absolute atomic E-state index is 11.8. The van der Waals surface area contributed by atoms with Crippen molar-refractivity contribution in [3.63, 3.8) is 0 Å². The second-order valence-electron chi connectivity index (χ2n) is 4.23. The number of nitrogen functional groups attached to an aromatic ring is 1. The number of nitrogens with two attached hydrogens (primary N) is 1. The van der Waals surface area contributed by atoms with Crippen molar-refractivity contribution in [2.75, 3.05) is 16.8 Å². The highest BCUT2D eigenvalue weighted by Gasteiger charge is 2.05. The maximum atomic E-state index is 11.8. The Kier molecular flexibility index (Phi) is 4.47. The summed E-state index contributed by atoms with van der Waals surface area (Å²) in [5.74, 6) is 0.382. The molecule has 0 aromatic heterocycles. The third kappa shape index (κ3) is 4.03. The van der Waals surface area contributed by atoms with Crippen molar-refractivity contribution in [2.24, 2.45) is 0 Å². The molecule has 0 aliphatic rings. The van der Waals surface area contributed by atoms with Crippen LogP contribution in [0.2, 0.25) is 0 Å². The van der Waals surface area contributed by atoms with Crippen LogP contribution in [0, 0.1) is 6.92 Å². The van der Waals surface area contributed by atoms with Crippen LogP contribution in [0.25, 0.3) is 0 Å². The zero-order valence-corrected chi connectivity index (χ0v) is 11.5. The van der Waals surface area contributed by atoms with E-state index < -0.39 is 0 Å². The Labute approximate surface area is 117 Å². The number of anilines is 2. The number of amides is 1. The summed E-state index contributed by atoms with van der Waals surface area (Å²) < 4.78 is 0. The fourth-order valence-corrected chi connectivity index (χ4v) is 2.51. The molecule has 0 spiro atoms. The van der Waals surface area contributed by atoms with Crippen molar-refractivity contribution in [2.45, 2.75) is 11.8 Å². The molecule has 3 N–H and O–H groups in total. The van der Waals surface area contributed by atoms with E-state index >= 15 is 0 Å². The van der Waals surface area contributed by atoms with Gasteiger partial charge < -0.3 is 11.1 Å². The molecule has 19 heavy (non-hydrogen) atoms. The molecular formula is C15H16N2OS. The minimum Gasteiger partial charge on any atom is -0.399 e. The molecule has 0 radical (unpaired) electrons. The number of carbonyl (C=O) groups excluding carboxylic acids is 1. The third-order valence-corrected chi connectivity index (χ3v) is 3.79. The lowest BCUT2D eigenvalue weighted by Crippen LogP contribution is -2.13. The van der Waals surface area contributed by atoms with Gasteiger partial charge in [-0.2, -0.15) is 0 Å². The van der Waals surface area contributed by atoms with Crippen LogP contribution in [-0.2, 0) is 4.79 Å². The first-order chi connectivity index (χ1) is 9.15. The molecule has 0 saturated heterocycles. The Balaban J connectivity index is 1.90. The molecule has 3 nitrogen and oxygen atoms in total. The summed E-state index contributed by atoms with van der Waals surface area (Å²) in [6, 6.07) is 15.2. The van der Waals surface area contributed by atoms with Gasteiger partial charge in [0.15, 0.2) is 0 Å². The monoisotopic (exact) mass is 272 g/mol. The molecule has 0 unspecified atom stereocenters. The lowest BCUT2D eigenvalue weighted by molar-refractivity contribution is -0.113. The van der Waals surface area contributed by atoms with Gasteiger partial charge in [-0.15, -0.1) is 11.8 Å². The minimum absolute atomic E-state index is 0.00701. The topological polar surface area (TPSA) is 55.1 Å². The molecule has 0 bridgehead atoms. The molecule has 0 atom stereocenters. The fraction of sp³-hybridized carbons (Fsp3) is 0.133. The number of para-hydroxylation sites is 1. The first kappa shape index (κ1) is 13.5. The van der Waals surface area contributed by atoms with E-state index in [4.69, 9.17) is 5.73 Å². The van der Waals surface area contributed by atoms with Gasteiger partial charge in [-0.3, -0.25) is 4.79 Å². The molecule has 0 fully saturated rings. The summed E-state index contributed by atoms with van der Waals surface area (Å²) in [7, 11) is 0. The van der Waals surface area contributed by atoms with Crippen LogP contribution < -0.4 is 11.1 Å². The molecule has 2 rings (SSSR count). The lowest BCUT2D eigenvalue weighted by atomic mass is 10.2. The number of hydrogen-bond donors (Lipinski definition) is 2. The van der Waals surface area contributed by atoms with Gasteiger partial charge in [0, 0.05) is 16.3 Å². The summed E-state index contributed by atoms with van der Waals surface area (Å²) in [6.45, 7) is 1.99. The van der Waals surface area contributed by atoms with Crippen LogP contribution in [0.3, 0.4) is 0 Å². The van der Waals surface area contributed by atoms with E-state index in [1.54, 1.807) is 0 Å². The Bertz CT molecular complexity index is 570. The predicted molar refractivity (Wildman–Crippen MR) is 81.4 cm³/mol. The van der Waals surface area contributed by atoms with E-state index in [0.717, 1.165) is 21.8 Å². The Morgan fingerprint density at radius 3 is 2.63 bits per heavy atom. The van der Waals surface area contributed by atoms with Crippen molar-refractivity contribution in [3.05, 3.63) is 54.1 Å². The van der Waals surface area contributed by atoms with Crippen molar-refractivity contribution >= 4 is 29.0 Å². The molecule has 1 amide bonds. The van der Waals surface area contributed by atoms with Gasteiger partial charge in [0.25, 0.3) is 0 Å². The number of benzene rings is 2. The molecule has 0 heterocycles. The molecule has 0 saturated carbocycles. The number of rotatable bonds is 4. The van der Waals surface area contributed by atoms with Crippen LogP contribution >= 0.6 is 11.8 Å². The van der Waals surface area contributed by atoms with E-state index in [9.17, 15) is 4.79 Å². The van der Waals surface area contributed by atoms with Crippen LogP contribution in [0.4, 0.5) is 11.4 Å². The van der Waals surface area contributed by atoms with Gasteiger partial charge in [0.05, 0.1) is 5.75 Å². The lowest BCUT2D eigenvalue weighted by Gasteiger charge is -2.07. The molecule has 2 aromatic carbocycles. The second-order valence-corrected chi connectivity index (χ2v) is 5.24. The van der Waals surface area contributed by atoms with Gasteiger partial charge >= 0.3 is 0 Å². The van der Waals surface area contributed by atoms with Crippen molar-refractivity contribution in [3.8, 4) is 0 Å². The van der Waals surface area contributed by atoms with Crippen LogP contribution in [0.1, 0.15) is 5.56 Å². The van der Waals surface area contributed by atoms with Gasteiger partial charge in [0.2, 0.25) is 5.91 Å². The van der Waals surface area contributed by atoms with Gasteiger partial charge in [-0.05, 0) is 42.8 Å². The highest BCUT2D eigenvalue weighted by Crippen LogP contribution is 2.24. The SMILES string of the molecule is Cc1cc(N)ccc1SCC(=O)Nc1ccccc1. The van der Waals surface area contributed by atoms with Crippen molar-refractivity contribution in [1.82, 2.24) is 0 Å². The Morgan fingerprint density at radius 2 is 1.95 bits per heavy atom. The highest BCUT2D eigenvalue weighted by atomic mass is 32.2.